The lowest BCUT2D eigenvalue weighted by Gasteiger charge is -2.25. The molecule has 12 heavy (non-hydrogen) atoms. The molecule has 2 aliphatic rings. The van der Waals surface area contributed by atoms with Crippen molar-refractivity contribution in [1.29, 1.82) is 0 Å². The summed E-state index contributed by atoms with van der Waals surface area (Å²) >= 11 is 0. The van der Waals surface area contributed by atoms with Crippen LogP contribution in [0.5, 0.6) is 0 Å². The van der Waals surface area contributed by atoms with E-state index in [1.807, 2.05) is 0 Å². The van der Waals surface area contributed by atoms with E-state index < -0.39 is 0 Å². The van der Waals surface area contributed by atoms with E-state index in [-0.39, 0.29) is 0 Å². The number of hydrogen-bond acceptors (Lipinski definition) is 0. The number of allylic oxidation sites excluding steroid dienone is 6. The molecule has 0 fully saturated rings. The van der Waals surface area contributed by atoms with Crippen molar-refractivity contribution < 1.29 is 0 Å². The van der Waals surface area contributed by atoms with Crippen LogP contribution in [0.3, 0.4) is 0 Å². The van der Waals surface area contributed by atoms with E-state index in [1.165, 1.54) is 32.1 Å². The first kappa shape index (κ1) is 7.85. The van der Waals surface area contributed by atoms with E-state index in [1.54, 1.807) is 0 Å². The first-order chi connectivity index (χ1) is 5.91. The van der Waals surface area contributed by atoms with Crippen molar-refractivity contribution in [1.82, 2.24) is 0 Å². The third kappa shape index (κ3) is 1.52. The Morgan fingerprint density at radius 3 is 2.42 bits per heavy atom. The zero-order valence-electron chi connectivity index (χ0n) is 7.50. The molecule has 0 unspecified atom stereocenters. The van der Waals surface area contributed by atoms with Crippen LogP contribution >= 0.6 is 0 Å². The third-order valence-corrected chi connectivity index (χ3v) is 2.92. The summed E-state index contributed by atoms with van der Waals surface area (Å²) in [7, 11) is 0. The van der Waals surface area contributed by atoms with Crippen LogP contribution < -0.4 is 0 Å². The Balaban J connectivity index is 2.09. The Labute approximate surface area is 74.7 Å². The van der Waals surface area contributed by atoms with Gasteiger partial charge in [-0.15, -0.1) is 0 Å². The predicted molar refractivity (Wildman–Crippen MR) is 52.9 cm³/mol. The van der Waals surface area contributed by atoms with Gasteiger partial charge in [0.05, 0.1) is 0 Å². The summed E-state index contributed by atoms with van der Waals surface area (Å²) in [5.74, 6) is 0. The fraction of sp³-hybridized carbons (Fsp3) is 0.500. The van der Waals surface area contributed by atoms with Crippen molar-refractivity contribution in [2.45, 2.75) is 32.1 Å². The monoisotopic (exact) mass is 160 g/mol. The zero-order valence-corrected chi connectivity index (χ0v) is 7.50. The Hall–Kier alpha value is -0.780. The lowest BCUT2D eigenvalue weighted by molar-refractivity contribution is 0.405. The van der Waals surface area contributed by atoms with Crippen LogP contribution in [-0.2, 0) is 0 Å². The molecule has 0 amide bonds. The fourth-order valence-electron chi connectivity index (χ4n) is 2.15. The molecule has 0 heterocycles. The van der Waals surface area contributed by atoms with E-state index >= 15 is 0 Å². The highest BCUT2D eigenvalue weighted by molar-refractivity contribution is 5.25. The highest BCUT2D eigenvalue weighted by Gasteiger charge is 2.24. The molecule has 0 aromatic rings. The minimum absolute atomic E-state index is 0.435. The molecule has 64 valence electrons. The normalized spacial score (nSPS) is 26.0. The van der Waals surface area contributed by atoms with Gasteiger partial charge in [-0.2, -0.15) is 0 Å². The molecule has 0 saturated carbocycles. The summed E-state index contributed by atoms with van der Waals surface area (Å²) in [6.07, 6.45) is 20.3. The molecule has 0 radical (unpaired) electrons. The van der Waals surface area contributed by atoms with Crippen LogP contribution in [0, 0.1) is 5.41 Å². The lowest BCUT2D eigenvalue weighted by atomic mass is 9.79. The molecular formula is C12H16. The van der Waals surface area contributed by atoms with Gasteiger partial charge < -0.3 is 0 Å². The van der Waals surface area contributed by atoms with Crippen molar-refractivity contribution in [3.63, 3.8) is 0 Å². The lowest BCUT2D eigenvalue weighted by Crippen LogP contribution is -2.13. The van der Waals surface area contributed by atoms with Gasteiger partial charge in [-0.05, 0) is 32.1 Å². The van der Waals surface area contributed by atoms with Crippen molar-refractivity contribution >= 4 is 0 Å². The van der Waals surface area contributed by atoms with Gasteiger partial charge in [0.15, 0.2) is 0 Å². The van der Waals surface area contributed by atoms with Gasteiger partial charge in [0.1, 0.15) is 0 Å². The third-order valence-electron chi connectivity index (χ3n) is 2.92. The summed E-state index contributed by atoms with van der Waals surface area (Å²) in [6.45, 7) is 0. The van der Waals surface area contributed by atoms with Crippen LogP contribution in [0.15, 0.2) is 36.5 Å². The summed E-state index contributed by atoms with van der Waals surface area (Å²) in [5.41, 5.74) is 0.435. The minimum Gasteiger partial charge on any atom is -0.0885 e. The predicted octanol–water partition coefficient (Wildman–Crippen LogP) is 3.62. The Morgan fingerprint density at radius 2 is 1.58 bits per heavy atom. The largest absolute Gasteiger partial charge is 0.0885 e. The van der Waals surface area contributed by atoms with Crippen LogP contribution in [0.1, 0.15) is 32.1 Å². The van der Waals surface area contributed by atoms with Gasteiger partial charge in [-0.1, -0.05) is 36.5 Å². The van der Waals surface area contributed by atoms with Crippen LogP contribution in [0.2, 0.25) is 0 Å². The molecule has 0 N–H and O–H groups in total. The maximum Gasteiger partial charge on any atom is 0.00702 e. The Kier molecular flexibility index (Phi) is 2.16. The average Bonchev–Trinajstić information content (AvgIpc) is 2.47. The number of hydrogen-bond donors (Lipinski definition) is 0. The van der Waals surface area contributed by atoms with E-state index in [0.29, 0.717) is 5.41 Å². The van der Waals surface area contributed by atoms with Crippen LogP contribution in [-0.4, -0.2) is 0 Å². The second-order valence-corrected chi connectivity index (χ2v) is 3.85. The first-order valence-electron chi connectivity index (χ1n) is 4.93. The van der Waals surface area contributed by atoms with Gasteiger partial charge in [0, 0.05) is 5.41 Å². The van der Waals surface area contributed by atoms with Crippen molar-refractivity contribution in [2.75, 3.05) is 0 Å². The Morgan fingerprint density at radius 1 is 0.833 bits per heavy atom. The maximum absolute atomic E-state index is 2.38. The van der Waals surface area contributed by atoms with Crippen molar-refractivity contribution in [2.24, 2.45) is 5.41 Å². The quantitative estimate of drug-likeness (QED) is 0.475. The first-order valence-corrected chi connectivity index (χ1v) is 4.93. The fourth-order valence-corrected chi connectivity index (χ4v) is 2.15. The van der Waals surface area contributed by atoms with Crippen LogP contribution in [0.25, 0.3) is 0 Å². The Bertz CT molecular complexity index is 218. The molecule has 0 aliphatic heterocycles. The number of rotatable bonds is 0. The molecule has 0 bridgehead atoms. The second-order valence-electron chi connectivity index (χ2n) is 3.85. The van der Waals surface area contributed by atoms with E-state index in [4.69, 9.17) is 0 Å². The molecule has 2 aliphatic carbocycles. The average molecular weight is 160 g/mol. The van der Waals surface area contributed by atoms with Gasteiger partial charge in [-0.3, -0.25) is 0 Å². The van der Waals surface area contributed by atoms with Crippen molar-refractivity contribution in [3.05, 3.63) is 36.5 Å². The zero-order chi connectivity index (χ0) is 8.28. The molecule has 0 nitrogen and oxygen atoms in total. The molecule has 0 aromatic heterocycles. The van der Waals surface area contributed by atoms with Crippen molar-refractivity contribution in [3.8, 4) is 0 Å². The molecular weight excluding hydrogens is 144 g/mol. The van der Waals surface area contributed by atoms with E-state index in [9.17, 15) is 0 Å². The van der Waals surface area contributed by atoms with Gasteiger partial charge in [0.2, 0.25) is 0 Å². The summed E-state index contributed by atoms with van der Waals surface area (Å²) in [5, 5.41) is 0. The molecule has 1 spiro atoms. The highest BCUT2D eigenvalue weighted by Crippen LogP contribution is 2.37. The topological polar surface area (TPSA) is 0 Å². The molecule has 0 heteroatoms. The van der Waals surface area contributed by atoms with E-state index in [2.05, 4.69) is 36.5 Å². The second kappa shape index (κ2) is 3.30. The highest BCUT2D eigenvalue weighted by atomic mass is 14.3. The maximum atomic E-state index is 2.38. The molecule has 0 aromatic carbocycles. The smallest absolute Gasteiger partial charge is 0.00702 e. The standard InChI is InChI=1S/C12H16/c1-2-4-8-12(9-5-3-1)10-6-7-11-12/h1-2,6-7,10-11H,3-5,8-9H2. The summed E-state index contributed by atoms with van der Waals surface area (Å²) in [4.78, 5) is 0. The summed E-state index contributed by atoms with van der Waals surface area (Å²) in [6, 6.07) is 0. The molecule has 0 saturated heterocycles. The minimum atomic E-state index is 0.435. The van der Waals surface area contributed by atoms with Gasteiger partial charge in [0.25, 0.3) is 0 Å². The van der Waals surface area contributed by atoms with Gasteiger partial charge >= 0.3 is 0 Å². The van der Waals surface area contributed by atoms with E-state index in [0.717, 1.165) is 0 Å². The van der Waals surface area contributed by atoms with Crippen LogP contribution in [0.4, 0.5) is 0 Å². The summed E-state index contributed by atoms with van der Waals surface area (Å²) < 4.78 is 0. The van der Waals surface area contributed by atoms with Gasteiger partial charge in [-0.25, -0.2) is 0 Å². The molecule has 0 atom stereocenters. The molecule has 2 rings (SSSR count). The SMILES string of the molecule is C1=CC2(C=C1)CCC=CCCC2.